The van der Waals surface area contributed by atoms with E-state index in [-0.39, 0.29) is 5.92 Å². The third-order valence-electron chi connectivity index (χ3n) is 6.46. The van der Waals surface area contributed by atoms with E-state index in [2.05, 4.69) is 25.2 Å². The van der Waals surface area contributed by atoms with Crippen molar-refractivity contribution in [2.75, 3.05) is 37.7 Å². The van der Waals surface area contributed by atoms with Crippen molar-refractivity contribution in [1.82, 2.24) is 29.9 Å². The number of rotatable bonds is 5. The summed E-state index contributed by atoms with van der Waals surface area (Å²) in [5.41, 5.74) is 2.21. The Morgan fingerprint density at radius 3 is 2.50 bits per heavy atom. The highest BCUT2D eigenvalue weighted by Gasteiger charge is 2.29. The lowest BCUT2D eigenvalue weighted by Gasteiger charge is -2.37. The van der Waals surface area contributed by atoms with Crippen LogP contribution in [0, 0.1) is 5.92 Å². The van der Waals surface area contributed by atoms with E-state index in [1.54, 1.807) is 11.0 Å². The van der Waals surface area contributed by atoms with Crippen molar-refractivity contribution in [2.24, 2.45) is 5.92 Å². The molecule has 2 aromatic heterocycles. The van der Waals surface area contributed by atoms with E-state index in [1.165, 1.54) is 19.3 Å². The molecule has 32 heavy (non-hydrogen) atoms. The second-order valence-electron chi connectivity index (χ2n) is 8.44. The quantitative estimate of drug-likeness (QED) is 0.609. The highest BCUT2D eigenvalue weighted by molar-refractivity contribution is 5.84. The normalized spacial score (nSPS) is 17.7. The first kappa shape index (κ1) is 20.7. The van der Waals surface area contributed by atoms with Gasteiger partial charge < -0.3 is 14.5 Å². The van der Waals surface area contributed by atoms with Crippen LogP contribution in [0.1, 0.15) is 39.0 Å². The zero-order chi connectivity index (χ0) is 21.9. The third kappa shape index (κ3) is 3.99. The molecular formula is C23H29N7O2. The van der Waals surface area contributed by atoms with Crippen molar-refractivity contribution in [1.29, 1.82) is 0 Å². The number of nitrogens with zero attached hydrogens (tertiary/aromatic N) is 7. The molecule has 5 rings (SSSR count). The fourth-order valence-electron chi connectivity index (χ4n) is 4.74. The number of benzene rings is 1. The van der Waals surface area contributed by atoms with Gasteiger partial charge in [0.15, 0.2) is 17.0 Å². The molecule has 1 saturated carbocycles. The lowest BCUT2D eigenvalue weighted by atomic mass is 9.88. The van der Waals surface area contributed by atoms with Gasteiger partial charge >= 0.3 is 0 Å². The largest absolute Gasteiger partial charge is 0.494 e. The van der Waals surface area contributed by atoms with Crippen LogP contribution in [0.4, 0.5) is 5.82 Å². The Kier molecular flexibility index (Phi) is 5.87. The summed E-state index contributed by atoms with van der Waals surface area (Å²) in [6.07, 6.45) is 7.27. The number of piperazine rings is 1. The maximum Gasteiger partial charge on any atom is 0.225 e. The Labute approximate surface area is 187 Å². The van der Waals surface area contributed by atoms with Gasteiger partial charge in [0.25, 0.3) is 0 Å². The Hall–Kier alpha value is -3.23. The molecule has 1 aliphatic heterocycles. The molecule has 2 aliphatic rings. The monoisotopic (exact) mass is 435 g/mol. The van der Waals surface area contributed by atoms with Crippen LogP contribution >= 0.6 is 0 Å². The van der Waals surface area contributed by atoms with Gasteiger partial charge in [-0.2, -0.15) is 4.68 Å². The lowest BCUT2D eigenvalue weighted by Crippen LogP contribution is -2.50. The molecule has 0 unspecified atom stereocenters. The van der Waals surface area contributed by atoms with Crippen LogP contribution in [-0.2, 0) is 4.79 Å². The van der Waals surface area contributed by atoms with Crippen LogP contribution < -0.4 is 9.64 Å². The molecule has 2 fully saturated rings. The van der Waals surface area contributed by atoms with Gasteiger partial charge in [0.1, 0.15) is 12.1 Å². The molecule has 3 aromatic rings. The van der Waals surface area contributed by atoms with Crippen molar-refractivity contribution in [3.8, 4) is 11.4 Å². The van der Waals surface area contributed by atoms with Gasteiger partial charge in [-0.25, -0.2) is 9.97 Å². The van der Waals surface area contributed by atoms with Gasteiger partial charge in [-0.3, -0.25) is 4.79 Å². The lowest BCUT2D eigenvalue weighted by molar-refractivity contribution is -0.136. The number of anilines is 1. The molecule has 168 valence electrons. The number of fused-ring (bicyclic) bond motifs is 1. The van der Waals surface area contributed by atoms with Crippen LogP contribution in [0.2, 0.25) is 0 Å². The summed E-state index contributed by atoms with van der Waals surface area (Å²) in [5.74, 6) is 2.14. The van der Waals surface area contributed by atoms with Crippen molar-refractivity contribution >= 4 is 22.9 Å². The number of amides is 1. The Morgan fingerprint density at radius 1 is 1.03 bits per heavy atom. The highest BCUT2D eigenvalue weighted by Crippen LogP contribution is 2.27. The van der Waals surface area contributed by atoms with Gasteiger partial charge in [-0.05, 0) is 44.0 Å². The molecule has 0 spiro atoms. The number of hydrogen-bond acceptors (Lipinski definition) is 7. The molecular weight excluding hydrogens is 406 g/mol. The summed E-state index contributed by atoms with van der Waals surface area (Å²) in [4.78, 5) is 26.0. The fourth-order valence-corrected chi connectivity index (χ4v) is 4.74. The predicted octanol–water partition coefficient (Wildman–Crippen LogP) is 2.84. The topological polar surface area (TPSA) is 89.3 Å². The van der Waals surface area contributed by atoms with Gasteiger partial charge in [0, 0.05) is 32.1 Å². The second kappa shape index (κ2) is 9.10. The standard InChI is InChI=1S/C23H29N7O2/c1-2-32-19-10-8-18(9-11-19)30-22-20(26-27-30)21(24-16-25-22)28-12-14-29(15-13-28)23(31)17-6-4-3-5-7-17/h8-11,16-17H,2-7,12-15H2,1H3. The number of carbonyl (C=O) groups is 1. The molecule has 0 atom stereocenters. The summed E-state index contributed by atoms with van der Waals surface area (Å²) in [5, 5.41) is 8.72. The van der Waals surface area contributed by atoms with Crippen LogP contribution in [-0.4, -0.2) is 68.6 Å². The number of aromatic nitrogens is 5. The summed E-state index contributed by atoms with van der Waals surface area (Å²) in [6, 6.07) is 7.71. The van der Waals surface area contributed by atoms with E-state index in [0.717, 1.165) is 43.2 Å². The zero-order valence-corrected chi connectivity index (χ0v) is 18.5. The number of carbonyl (C=O) groups excluding carboxylic acids is 1. The molecule has 9 nitrogen and oxygen atoms in total. The number of hydrogen-bond donors (Lipinski definition) is 0. The Bertz CT molecular complexity index is 1070. The van der Waals surface area contributed by atoms with Gasteiger partial charge in [0.2, 0.25) is 5.91 Å². The van der Waals surface area contributed by atoms with E-state index in [4.69, 9.17) is 4.74 Å². The SMILES string of the molecule is CCOc1ccc(-n2nnc3c(N4CCN(C(=O)C5CCCCC5)CC4)ncnc32)cc1. The van der Waals surface area contributed by atoms with E-state index in [0.29, 0.717) is 36.8 Å². The maximum absolute atomic E-state index is 12.9. The van der Waals surface area contributed by atoms with Crippen molar-refractivity contribution < 1.29 is 9.53 Å². The minimum absolute atomic E-state index is 0.218. The van der Waals surface area contributed by atoms with Crippen LogP contribution in [0.15, 0.2) is 30.6 Å². The molecule has 3 heterocycles. The predicted molar refractivity (Wildman–Crippen MR) is 121 cm³/mol. The van der Waals surface area contributed by atoms with Crippen LogP contribution in [0.5, 0.6) is 5.75 Å². The number of ether oxygens (including phenoxy) is 1. The van der Waals surface area contributed by atoms with Crippen molar-refractivity contribution in [3.63, 3.8) is 0 Å². The van der Waals surface area contributed by atoms with Gasteiger partial charge in [-0.1, -0.05) is 24.5 Å². The smallest absolute Gasteiger partial charge is 0.225 e. The molecule has 0 bridgehead atoms. The van der Waals surface area contributed by atoms with E-state index < -0.39 is 0 Å². The first-order chi connectivity index (χ1) is 15.7. The maximum atomic E-state index is 12.9. The van der Waals surface area contributed by atoms with E-state index >= 15 is 0 Å². The average Bonchev–Trinajstić information content (AvgIpc) is 3.29. The van der Waals surface area contributed by atoms with Crippen molar-refractivity contribution in [3.05, 3.63) is 30.6 Å². The van der Waals surface area contributed by atoms with E-state index in [9.17, 15) is 4.79 Å². The summed E-state index contributed by atoms with van der Waals surface area (Å²) in [6.45, 7) is 5.49. The Balaban J connectivity index is 1.32. The highest BCUT2D eigenvalue weighted by atomic mass is 16.5. The van der Waals surface area contributed by atoms with Gasteiger partial charge in [-0.15, -0.1) is 5.10 Å². The van der Waals surface area contributed by atoms with Crippen molar-refractivity contribution in [2.45, 2.75) is 39.0 Å². The fraction of sp³-hybridized carbons (Fsp3) is 0.522. The minimum atomic E-state index is 0.218. The molecule has 1 aromatic carbocycles. The van der Waals surface area contributed by atoms with E-state index in [1.807, 2.05) is 36.1 Å². The molecule has 1 saturated heterocycles. The Morgan fingerprint density at radius 2 is 1.78 bits per heavy atom. The zero-order valence-electron chi connectivity index (χ0n) is 18.5. The molecule has 0 N–H and O–H groups in total. The third-order valence-corrected chi connectivity index (χ3v) is 6.46. The van der Waals surface area contributed by atoms with Gasteiger partial charge in [0.05, 0.1) is 12.3 Å². The molecule has 1 amide bonds. The summed E-state index contributed by atoms with van der Waals surface area (Å²) in [7, 11) is 0. The first-order valence-corrected chi connectivity index (χ1v) is 11.6. The summed E-state index contributed by atoms with van der Waals surface area (Å²) < 4.78 is 7.24. The second-order valence-corrected chi connectivity index (χ2v) is 8.44. The minimum Gasteiger partial charge on any atom is -0.494 e. The summed E-state index contributed by atoms with van der Waals surface area (Å²) >= 11 is 0. The van der Waals surface area contributed by atoms with Crippen LogP contribution in [0.3, 0.4) is 0 Å². The first-order valence-electron chi connectivity index (χ1n) is 11.6. The molecule has 9 heteroatoms. The molecule has 0 radical (unpaired) electrons. The molecule has 1 aliphatic carbocycles. The average molecular weight is 436 g/mol. The van der Waals surface area contributed by atoms with Crippen LogP contribution in [0.25, 0.3) is 16.9 Å².